The summed E-state index contributed by atoms with van der Waals surface area (Å²) in [5.74, 6) is 0. The number of nitro benzene ring substituents is 1. The van der Waals surface area contributed by atoms with E-state index in [1.807, 2.05) is 30.3 Å². The number of fused-ring (bicyclic) bond motifs is 1. The Morgan fingerprint density at radius 3 is 2.79 bits per heavy atom. The molecule has 0 saturated heterocycles. The second-order valence-corrected chi connectivity index (χ2v) is 6.77. The second kappa shape index (κ2) is 7.41. The Bertz CT molecular complexity index is 1250. The zero-order chi connectivity index (χ0) is 19.5. The molecule has 0 bridgehead atoms. The molecule has 4 aromatic rings. The van der Waals surface area contributed by atoms with E-state index in [4.69, 9.17) is 4.42 Å². The fourth-order valence-electron chi connectivity index (χ4n) is 2.55. The van der Waals surface area contributed by atoms with Crippen molar-refractivity contribution in [3.8, 4) is 10.4 Å². The lowest BCUT2D eigenvalue weighted by molar-refractivity contribution is -0.384. The van der Waals surface area contributed by atoms with Crippen molar-refractivity contribution in [2.24, 2.45) is 5.10 Å². The first-order valence-corrected chi connectivity index (χ1v) is 8.94. The van der Waals surface area contributed by atoms with Crippen LogP contribution in [0.15, 0.2) is 75.1 Å². The number of anilines is 1. The maximum absolute atomic E-state index is 12.3. The molecule has 1 N–H and O–H groups in total. The van der Waals surface area contributed by atoms with E-state index in [-0.39, 0.29) is 16.8 Å². The first-order valence-electron chi connectivity index (χ1n) is 8.13. The minimum atomic E-state index is -0.538. The molecule has 0 aliphatic carbocycles. The molecule has 0 atom stereocenters. The van der Waals surface area contributed by atoms with E-state index in [0.29, 0.717) is 15.4 Å². The fourth-order valence-corrected chi connectivity index (χ4v) is 3.32. The molecule has 8 nitrogen and oxygen atoms in total. The number of benzene rings is 2. The van der Waals surface area contributed by atoms with Crippen LogP contribution in [0.3, 0.4) is 0 Å². The summed E-state index contributed by atoms with van der Waals surface area (Å²) in [7, 11) is 0. The van der Waals surface area contributed by atoms with Gasteiger partial charge in [0.1, 0.15) is 5.58 Å². The molecule has 0 radical (unpaired) electrons. The lowest BCUT2D eigenvalue weighted by atomic mass is 10.1. The van der Waals surface area contributed by atoms with Crippen LogP contribution >= 0.6 is 11.3 Å². The number of hydrogen-bond acceptors (Lipinski definition) is 8. The second-order valence-electron chi connectivity index (χ2n) is 5.74. The van der Waals surface area contributed by atoms with Crippen LogP contribution < -0.4 is 11.1 Å². The van der Waals surface area contributed by atoms with Crippen molar-refractivity contribution in [3.63, 3.8) is 0 Å². The van der Waals surface area contributed by atoms with Gasteiger partial charge in [0.2, 0.25) is 5.13 Å². The van der Waals surface area contributed by atoms with Gasteiger partial charge >= 0.3 is 5.63 Å². The highest BCUT2D eigenvalue weighted by Crippen LogP contribution is 2.29. The fraction of sp³-hybridized carbons (Fsp3) is 0. The van der Waals surface area contributed by atoms with Gasteiger partial charge in [-0.05, 0) is 17.7 Å². The molecule has 2 aromatic carbocycles. The largest absolute Gasteiger partial charge is 0.422 e. The summed E-state index contributed by atoms with van der Waals surface area (Å²) in [6.07, 6.45) is 3.19. The minimum absolute atomic E-state index is 0.0748. The Morgan fingerprint density at radius 2 is 2.00 bits per heavy atom. The van der Waals surface area contributed by atoms with Crippen LogP contribution in [0.2, 0.25) is 0 Å². The topological polar surface area (TPSA) is 111 Å². The van der Waals surface area contributed by atoms with Crippen molar-refractivity contribution >= 4 is 39.3 Å². The van der Waals surface area contributed by atoms with Crippen LogP contribution in [0, 0.1) is 10.1 Å². The monoisotopic (exact) mass is 392 g/mol. The molecule has 2 heterocycles. The third kappa shape index (κ3) is 3.64. The summed E-state index contributed by atoms with van der Waals surface area (Å²) in [6.45, 7) is 0. The van der Waals surface area contributed by atoms with Crippen LogP contribution in [-0.2, 0) is 0 Å². The van der Waals surface area contributed by atoms with Crippen LogP contribution in [0.25, 0.3) is 21.4 Å². The van der Waals surface area contributed by atoms with Gasteiger partial charge < -0.3 is 4.42 Å². The summed E-state index contributed by atoms with van der Waals surface area (Å²) >= 11 is 1.22. The molecule has 9 heteroatoms. The maximum atomic E-state index is 12.3. The normalized spacial score (nSPS) is 11.1. The summed E-state index contributed by atoms with van der Waals surface area (Å²) in [6, 6.07) is 15.2. The predicted octanol–water partition coefficient (Wildman–Crippen LogP) is 4.27. The van der Waals surface area contributed by atoms with Gasteiger partial charge in [0.05, 0.1) is 21.6 Å². The van der Waals surface area contributed by atoms with E-state index in [0.717, 1.165) is 5.56 Å². The molecule has 0 aliphatic heterocycles. The van der Waals surface area contributed by atoms with Gasteiger partial charge in [0.25, 0.3) is 5.69 Å². The Kier molecular flexibility index (Phi) is 4.65. The molecule has 138 valence electrons. The summed E-state index contributed by atoms with van der Waals surface area (Å²) < 4.78 is 5.28. The minimum Gasteiger partial charge on any atom is -0.422 e. The molecule has 0 aliphatic rings. The van der Waals surface area contributed by atoms with E-state index >= 15 is 0 Å². The van der Waals surface area contributed by atoms with Crippen molar-refractivity contribution in [2.45, 2.75) is 0 Å². The summed E-state index contributed by atoms with van der Waals surface area (Å²) in [4.78, 5) is 27.5. The molecule has 0 spiro atoms. The SMILES string of the molecule is O=c1oc2ccc([N+](=O)[O-])cc2cc1-c1cnc(N/N=C/c2ccccc2)s1. The van der Waals surface area contributed by atoms with Crippen LogP contribution in [0.4, 0.5) is 10.8 Å². The number of non-ortho nitro benzene ring substituents is 1. The first-order chi connectivity index (χ1) is 13.6. The maximum Gasteiger partial charge on any atom is 0.345 e. The lowest BCUT2D eigenvalue weighted by Gasteiger charge is -2.00. The van der Waals surface area contributed by atoms with Crippen molar-refractivity contribution in [3.05, 3.63) is 86.9 Å². The molecule has 2 aromatic heterocycles. The first kappa shape index (κ1) is 17.6. The van der Waals surface area contributed by atoms with Crippen molar-refractivity contribution in [1.82, 2.24) is 4.98 Å². The van der Waals surface area contributed by atoms with Crippen LogP contribution in [0.5, 0.6) is 0 Å². The van der Waals surface area contributed by atoms with Gasteiger partial charge in [0, 0.05) is 23.7 Å². The number of nitrogens with zero attached hydrogens (tertiary/aromatic N) is 3. The Morgan fingerprint density at radius 1 is 1.18 bits per heavy atom. The summed E-state index contributed by atoms with van der Waals surface area (Å²) in [5, 5.41) is 16.0. The number of aromatic nitrogens is 1. The van der Waals surface area contributed by atoms with E-state index < -0.39 is 10.5 Å². The standard InChI is InChI=1S/C19H12N4O4S/c24-18-15(9-13-8-14(23(25)26)6-7-16(13)27-18)17-11-20-19(28-17)22-21-10-12-4-2-1-3-5-12/h1-11H,(H,20,22)/b21-10+. The van der Waals surface area contributed by atoms with Gasteiger partial charge in [-0.15, -0.1) is 0 Å². The van der Waals surface area contributed by atoms with Crippen molar-refractivity contribution in [2.75, 3.05) is 5.43 Å². The predicted molar refractivity (Wildman–Crippen MR) is 108 cm³/mol. The van der Waals surface area contributed by atoms with Gasteiger partial charge in [-0.2, -0.15) is 5.10 Å². The molecular weight excluding hydrogens is 380 g/mol. The molecule has 28 heavy (non-hydrogen) atoms. The smallest absolute Gasteiger partial charge is 0.345 e. The highest BCUT2D eigenvalue weighted by Gasteiger charge is 2.14. The Labute approximate surface area is 161 Å². The zero-order valence-corrected chi connectivity index (χ0v) is 15.1. The van der Waals surface area contributed by atoms with E-state index in [1.165, 1.54) is 35.7 Å². The zero-order valence-electron chi connectivity index (χ0n) is 14.2. The molecule has 0 amide bonds. The molecule has 4 rings (SSSR count). The van der Waals surface area contributed by atoms with Crippen molar-refractivity contribution < 1.29 is 9.34 Å². The summed E-state index contributed by atoms with van der Waals surface area (Å²) in [5.41, 5.74) is 3.71. The Hall–Kier alpha value is -3.85. The van der Waals surface area contributed by atoms with E-state index in [1.54, 1.807) is 12.3 Å². The Balaban J connectivity index is 1.61. The number of rotatable bonds is 5. The highest BCUT2D eigenvalue weighted by atomic mass is 32.1. The van der Waals surface area contributed by atoms with Gasteiger partial charge in [-0.25, -0.2) is 9.78 Å². The third-order valence-electron chi connectivity index (χ3n) is 3.87. The number of hydrazone groups is 1. The lowest BCUT2D eigenvalue weighted by Crippen LogP contribution is -2.01. The van der Waals surface area contributed by atoms with Crippen molar-refractivity contribution in [1.29, 1.82) is 0 Å². The quantitative estimate of drug-likeness (QED) is 0.235. The number of nitro groups is 1. The average Bonchev–Trinajstić information content (AvgIpc) is 3.16. The number of nitrogens with one attached hydrogen (secondary N) is 1. The third-order valence-corrected chi connectivity index (χ3v) is 4.81. The number of thiazole rings is 1. The van der Waals surface area contributed by atoms with E-state index in [9.17, 15) is 14.9 Å². The van der Waals surface area contributed by atoms with Gasteiger partial charge in [0.15, 0.2) is 0 Å². The molecule has 0 unspecified atom stereocenters. The highest BCUT2D eigenvalue weighted by molar-refractivity contribution is 7.18. The van der Waals surface area contributed by atoms with Gasteiger partial charge in [-0.3, -0.25) is 15.5 Å². The molecule has 0 saturated carbocycles. The van der Waals surface area contributed by atoms with E-state index in [2.05, 4.69) is 15.5 Å². The molecule has 0 fully saturated rings. The average molecular weight is 392 g/mol. The van der Waals surface area contributed by atoms with Crippen LogP contribution in [0.1, 0.15) is 5.56 Å². The van der Waals surface area contributed by atoms with Crippen LogP contribution in [-0.4, -0.2) is 16.1 Å². The molecular formula is C19H12N4O4S. The number of hydrogen-bond donors (Lipinski definition) is 1. The van der Waals surface area contributed by atoms with Gasteiger partial charge in [-0.1, -0.05) is 41.7 Å².